The summed E-state index contributed by atoms with van der Waals surface area (Å²) in [5.41, 5.74) is 0. The second-order valence-electron chi connectivity index (χ2n) is 7.50. The number of nitrogens with zero attached hydrogens (tertiary/aromatic N) is 1. The number of rotatable bonds is 11. The molecule has 1 fully saturated rings. The first-order valence-corrected chi connectivity index (χ1v) is 10.6. The number of nitrogens with one attached hydrogen (secondary N) is 1. The summed E-state index contributed by atoms with van der Waals surface area (Å²) in [4.78, 5) is 14.2. The minimum Gasteiger partial charge on any atom is -0.410 e. The number of likely N-dealkylation sites (N-methyl/N-ethyl adjacent to an activating group) is 1. The molecule has 0 spiro atoms. The van der Waals surface area contributed by atoms with Gasteiger partial charge < -0.3 is 19.7 Å². The molecule has 5 nitrogen and oxygen atoms in total. The summed E-state index contributed by atoms with van der Waals surface area (Å²) < 4.78 is 11.3. The molecule has 0 saturated heterocycles. The Hall–Kier alpha value is -1.56. The van der Waals surface area contributed by atoms with Crippen molar-refractivity contribution in [2.45, 2.75) is 44.6 Å². The summed E-state index contributed by atoms with van der Waals surface area (Å²) in [7, 11) is 2.11. The summed E-state index contributed by atoms with van der Waals surface area (Å²) >= 11 is 5.82. The number of hydrogen-bond acceptors (Lipinski definition) is 4. The predicted molar refractivity (Wildman–Crippen MR) is 114 cm³/mol. The molecule has 0 radical (unpaired) electrons. The standard InChI is InChI=1S/C22H33ClN2O3/c1-3-14-25(2)15-4-5-16-27-20-10-6-18(7-11-20)17-24-22(26)28-21-12-8-19(23)9-13-21/h3,8-9,12-13,18,20H,1,4-7,10-11,14-17H2,2H3,(H,24,26). The molecule has 1 aromatic carbocycles. The lowest BCUT2D eigenvalue weighted by molar-refractivity contribution is 0.0160. The van der Waals surface area contributed by atoms with Crippen LogP contribution in [0.2, 0.25) is 5.02 Å². The Labute approximate surface area is 174 Å². The third-order valence-corrected chi connectivity index (χ3v) is 5.33. The molecule has 1 aromatic rings. The topological polar surface area (TPSA) is 50.8 Å². The molecule has 0 bridgehead atoms. The van der Waals surface area contributed by atoms with Crippen LogP contribution in [0.5, 0.6) is 5.75 Å². The van der Waals surface area contributed by atoms with Crippen LogP contribution < -0.4 is 10.1 Å². The second kappa shape index (κ2) is 12.8. The van der Waals surface area contributed by atoms with Gasteiger partial charge in [-0.15, -0.1) is 6.58 Å². The van der Waals surface area contributed by atoms with Gasteiger partial charge in [0.1, 0.15) is 5.75 Å². The van der Waals surface area contributed by atoms with Gasteiger partial charge in [0, 0.05) is 24.7 Å². The van der Waals surface area contributed by atoms with E-state index in [2.05, 4.69) is 23.8 Å². The van der Waals surface area contributed by atoms with E-state index in [0.717, 1.165) is 58.2 Å². The largest absolute Gasteiger partial charge is 0.412 e. The monoisotopic (exact) mass is 408 g/mol. The minimum absolute atomic E-state index is 0.364. The number of unbranched alkanes of at least 4 members (excludes halogenated alkanes) is 1. The lowest BCUT2D eigenvalue weighted by Gasteiger charge is -2.28. The van der Waals surface area contributed by atoms with E-state index in [1.807, 2.05) is 6.08 Å². The fourth-order valence-corrected chi connectivity index (χ4v) is 3.55. The number of carbonyl (C=O) groups excluding carboxylic acids is 1. The molecule has 156 valence electrons. The Kier molecular flexibility index (Phi) is 10.4. The lowest BCUT2D eigenvalue weighted by atomic mass is 9.87. The molecule has 1 N–H and O–H groups in total. The maximum absolute atomic E-state index is 11.9. The smallest absolute Gasteiger partial charge is 0.410 e. The van der Waals surface area contributed by atoms with Crippen molar-refractivity contribution >= 4 is 17.7 Å². The molecular formula is C22H33ClN2O3. The van der Waals surface area contributed by atoms with E-state index in [9.17, 15) is 4.79 Å². The fraction of sp³-hybridized carbons (Fsp3) is 0.591. The van der Waals surface area contributed by atoms with Crippen LogP contribution in [0.1, 0.15) is 38.5 Å². The molecule has 1 amide bonds. The Morgan fingerprint density at radius 2 is 1.96 bits per heavy atom. The molecule has 1 saturated carbocycles. The van der Waals surface area contributed by atoms with Crippen LogP contribution in [-0.2, 0) is 4.74 Å². The Morgan fingerprint density at radius 1 is 1.25 bits per heavy atom. The van der Waals surface area contributed by atoms with Crippen molar-refractivity contribution in [2.75, 3.05) is 33.3 Å². The van der Waals surface area contributed by atoms with Crippen LogP contribution in [0.4, 0.5) is 4.79 Å². The van der Waals surface area contributed by atoms with E-state index in [1.165, 1.54) is 0 Å². The first kappa shape index (κ1) is 22.7. The van der Waals surface area contributed by atoms with Gasteiger partial charge in [0.2, 0.25) is 0 Å². The average Bonchev–Trinajstić information content (AvgIpc) is 2.69. The highest BCUT2D eigenvalue weighted by Crippen LogP contribution is 2.26. The molecule has 1 aliphatic rings. The van der Waals surface area contributed by atoms with Crippen molar-refractivity contribution in [1.82, 2.24) is 10.2 Å². The van der Waals surface area contributed by atoms with Crippen molar-refractivity contribution in [3.8, 4) is 5.75 Å². The summed E-state index contributed by atoms with van der Waals surface area (Å²) in [6, 6.07) is 6.76. The van der Waals surface area contributed by atoms with Gasteiger partial charge in [-0.05, 0) is 82.3 Å². The molecule has 1 aliphatic carbocycles. The number of carbonyl (C=O) groups is 1. The summed E-state index contributed by atoms with van der Waals surface area (Å²) in [6.07, 6.45) is 8.41. The highest BCUT2D eigenvalue weighted by molar-refractivity contribution is 6.30. The van der Waals surface area contributed by atoms with Crippen LogP contribution in [0.25, 0.3) is 0 Å². The fourth-order valence-electron chi connectivity index (χ4n) is 3.42. The number of amides is 1. The van der Waals surface area contributed by atoms with Gasteiger partial charge in [0.05, 0.1) is 6.10 Å². The van der Waals surface area contributed by atoms with Gasteiger partial charge in [-0.3, -0.25) is 0 Å². The molecule has 0 aliphatic heterocycles. The molecule has 28 heavy (non-hydrogen) atoms. The average molecular weight is 409 g/mol. The minimum atomic E-state index is -0.415. The summed E-state index contributed by atoms with van der Waals surface area (Å²) in [5, 5.41) is 3.48. The van der Waals surface area contributed by atoms with Crippen LogP contribution in [0, 0.1) is 5.92 Å². The maximum atomic E-state index is 11.9. The number of halogens is 1. The summed E-state index contributed by atoms with van der Waals surface area (Å²) in [5.74, 6) is 0.986. The van der Waals surface area contributed by atoms with E-state index < -0.39 is 6.09 Å². The Balaban J connectivity index is 1.51. The highest BCUT2D eigenvalue weighted by atomic mass is 35.5. The van der Waals surface area contributed by atoms with Crippen molar-refractivity contribution in [3.05, 3.63) is 41.9 Å². The number of benzene rings is 1. The van der Waals surface area contributed by atoms with Gasteiger partial charge in [-0.2, -0.15) is 0 Å². The first-order chi connectivity index (χ1) is 13.6. The van der Waals surface area contributed by atoms with Crippen LogP contribution in [0.3, 0.4) is 0 Å². The quantitative estimate of drug-likeness (QED) is 0.418. The van der Waals surface area contributed by atoms with Crippen LogP contribution in [-0.4, -0.2) is 50.4 Å². The van der Waals surface area contributed by atoms with Gasteiger partial charge in [0.25, 0.3) is 0 Å². The van der Waals surface area contributed by atoms with Crippen LogP contribution in [0.15, 0.2) is 36.9 Å². The molecule has 2 rings (SSSR count). The molecule has 0 heterocycles. The first-order valence-electron chi connectivity index (χ1n) is 10.2. The number of hydrogen-bond donors (Lipinski definition) is 1. The van der Waals surface area contributed by atoms with E-state index in [1.54, 1.807) is 24.3 Å². The zero-order chi connectivity index (χ0) is 20.2. The molecule has 0 atom stereocenters. The zero-order valence-corrected chi connectivity index (χ0v) is 17.6. The van der Waals surface area contributed by atoms with E-state index >= 15 is 0 Å². The Morgan fingerprint density at radius 3 is 2.64 bits per heavy atom. The predicted octanol–water partition coefficient (Wildman–Crippen LogP) is 4.90. The zero-order valence-electron chi connectivity index (χ0n) is 16.9. The van der Waals surface area contributed by atoms with Gasteiger partial charge in [0.15, 0.2) is 0 Å². The van der Waals surface area contributed by atoms with Crippen molar-refractivity contribution in [2.24, 2.45) is 5.92 Å². The van der Waals surface area contributed by atoms with E-state index in [4.69, 9.17) is 21.1 Å². The maximum Gasteiger partial charge on any atom is 0.412 e. The third-order valence-electron chi connectivity index (χ3n) is 5.08. The molecule has 0 aromatic heterocycles. The van der Waals surface area contributed by atoms with Crippen molar-refractivity contribution < 1.29 is 14.3 Å². The lowest BCUT2D eigenvalue weighted by Crippen LogP contribution is -2.34. The summed E-state index contributed by atoms with van der Waals surface area (Å²) in [6.45, 7) is 7.26. The second-order valence-corrected chi connectivity index (χ2v) is 7.93. The molecular weight excluding hydrogens is 376 g/mol. The molecule has 0 unspecified atom stereocenters. The van der Waals surface area contributed by atoms with Crippen molar-refractivity contribution in [3.63, 3.8) is 0 Å². The van der Waals surface area contributed by atoms with Gasteiger partial charge >= 0.3 is 6.09 Å². The van der Waals surface area contributed by atoms with Gasteiger partial charge in [-0.25, -0.2) is 4.79 Å². The SMILES string of the molecule is C=CCN(C)CCCCOC1CCC(CNC(=O)Oc2ccc(Cl)cc2)CC1. The highest BCUT2D eigenvalue weighted by Gasteiger charge is 2.22. The van der Waals surface area contributed by atoms with Gasteiger partial charge in [-0.1, -0.05) is 17.7 Å². The van der Waals surface area contributed by atoms with E-state index in [-0.39, 0.29) is 0 Å². The molecule has 6 heteroatoms. The van der Waals surface area contributed by atoms with Crippen molar-refractivity contribution in [1.29, 1.82) is 0 Å². The normalized spacial score (nSPS) is 19.4. The van der Waals surface area contributed by atoms with Crippen LogP contribution >= 0.6 is 11.6 Å². The van der Waals surface area contributed by atoms with E-state index in [0.29, 0.717) is 29.3 Å². The third kappa shape index (κ3) is 9.09. The Bertz CT molecular complexity index is 586. The number of ether oxygens (including phenoxy) is 2.